The molecule has 3 rings (SSSR count). The van der Waals surface area contributed by atoms with Crippen molar-refractivity contribution in [1.82, 2.24) is 9.97 Å². The van der Waals surface area contributed by atoms with Crippen molar-refractivity contribution in [1.29, 1.82) is 5.26 Å². The standard InChI is InChI=1S/C14H15N3O/c15-9-10-3-1-5-12-14(10)17-13(16-12)7-6-11-4-2-8-18-11/h1,3,5,11H,2,4,6-8H2,(H,16,17). The van der Waals surface area contributed by atoms with E-state index in [1.165, 1.54) is 6.42 Å². The number of ether oxygens (including phenoxy) is 1. The largest absolute Gasteiger partial charge is 0.378 e. The molecular weight excluding hydrogens is 226 g/mol. The Bertz CT molecular complexity index is 591. The summed E-state index contributed by atoms with van der Waals surface area (Å²) >= 11 is 0. The van der Waals surface area contributed by atoms with Crippen LogP contribution < -0.4 is 0 Å². The van der Waals surface area contributed by atoms with Crippen LogP contribution in [0.4, 0.5) is 0 Å². The number of aromatic nitrogens is 2. The molecule has 18 heavy (non-hydrogen) atoms. The topological polar surface area (TPSA) is 61.7 Å². The Balaban J connectivity index is 1.78. The summed E-state index contributed by atoms with van der Waals surface area (Å²) in [6.07, 6.45) is 4.59. The minimum absolute atomic E-state index is 0.383. The number of nitrogens with zero attached hydrogens (tertiary/aromatic N) is 2. The van der Waals surface area contributed by atoms with Gasteiger partial charge in [-0.2, -0.15) is 5.26 Å². The van der Waals surface area contributed by atoms with Gasteiger partial charge in [-0.25, -0.2) is 4.98 Å². The van der Waals surface area contributed by atoms with Crippen molar-refractivity contribution in [3.63, 3.8) is 0 Å². The summed E-state index contributed by atoms with van der Waals surface area (Å²) < 4.78 is 5.60. The highest BCUT2D eigenvalue weighted by Crippen LogP contribution is 2.19. The van der Waals surface area contributed by atoms with E-state index < -0.39 is 0 Å². The third-order valence-corrected chi connectivity index (χ3v) is 3.41. The Morgan fingerprint density at radius 1 is 1.50 bits per heavy atom. The van der Waals surface area contributed by atoms with E-state index in [9.17, 15) is 0 Å². The number of aryl methyl sites for hydroxylation is 1. The average molecular weight is 241 g/mol. The van der Waals surface area contributed by atoms with Gasteiger partial charge in [-0.1, -0.05) is 6.07 Å². The Morgan fingerprint density at radius 3 is 3.22 bits per heavy atom. The molecule has 92 valence electrons. The monoisotopic (exact) mass is 241 g/mol. The molecular formula is C14H15N3O. The lowest BCUT2D eigenvalue weighted by atomic mass is 10.1. The molecule has 0 saturated carbocycles. The third kappa shape index (κ3) is 2.09. The summed E-state index contributed by atoms with van der Waals surface area (Å²) in [7, 11) is 0. The lowest BCUT2D eigenvalue weighted by Crippen LogP contribution is -2.06. The van der Waals surface area contributed by atoms with Crippen LogP contribution in [0.3, 0.4) is 0 Å². The molecule has 4 heteroatoms. The lowest BCUT2D eigenvalue weighted by molar-refractivity contribution is 0.104. The fourth-order valence-electron chi connectivity index (χ4n) is 2.46. The fourth-order valence-corrected chi connectivity index (χ4v) is 2.46. The van der Waals surface area contributed by atoms with Gasteiger partial charge in [0.05, 0.1) is 17.2 Å². The summed E-state index contributed by atoms with van der Waals surface area (Å²) in [5.41, 5.74) is 2.35. The van der Waals surface area contributed by atoms with E-state index in [1.54, 1.807) is 6.07 Å². The van der Waals surface area contributed by atoms with Gasteiger partial charge in [0.15, 0.2) is 0 Å². The molecule has 2 aromatic rings. The predicted molar refractivity (Wildman–Crippen MR) is 68.1 cm³/mol. The van der Waals surface area contributed by atoms with E-state index in [2.05, 4.69) is 16.0 Å². The molecule has 0 amide bonds. The molecule has 0 aliphatic carbocycles. The van der Waals surface area contributed by atoms with Crippen LogP contribution in [-0.4, -0.2) is 22.7 Å². The maximum absolute atomic E-state index is 9.02. The molecule has 0 bridgehead atoms. The number of para-hydroxylation sites is 1. The van der Waals surface area contributed by atoms with Crippen molar-refractivity contribution in [3.05, 3.63) is 29.6 Å². The van der Waals surface area contributed by atoms with Crippen LogP contribution in [0.1, 0.15) is 30.7 Å². The predicted octanol–water partition coefficient (Wildman–Crippen LogP) is 2.55. The summed E-state index contributed by atoms with van der Waals surface area (Å²) in [6, 6.07) is 7.81. The van der Waals surface area contributed by atoms with Gasteiger partial charge in [0.1, 0.15) is 17.4 Å². The number of imidazole rings is 1. The molecule has 1 saturated heterocycles. The van der Waals surface area contributed by atoms with Gasteiger partial charge in [-0.15, -0.1) is 0 Å². The minimum Gasteiger partial charge on any atom is -0.378 e. The first kappa shape index (κ1) is 11.2. The molecule has 0 spiro atoms. The van der Waals surface area contributed by atoms with Crippen LogP contribution >= 0.6 is 0 Å². The highest BCUT2D eigenvalue weighted by Gasteiger charge is 2.16. The van der Waals surface area contributed by atoms with Crippen molar-refractivity contribution in [2.45, 2.75) is 31.8 Å². The first-order chi connectivity index (χ1) is 8.86. The third-order valence-electron chi connectivity index (χ3n) is 3.41. The molecule has 4 nitrogen and oxygen atoms in total. The number of nitriles is 1. The van der Waals surface area contributed by atoms with E-state index in [1.807, 2.05) is 12.1 Å². The Hall–Kier alpha value is -1.86. The number of H-pyrrole nitrogens is 1. The second-order valence-electron chi connectivity index (χ2n) is 4.67. The van der Waals surface area contributed by atoms with Crippen LogP contribution in [0.25, 0.3) is 11.0 Å². The van der Waals surface area contributed by atoms with Gasteiger partial charge in [-0.3, -0.25) is 0 Å². The van der Waals surface area contributed by atoms with E-state index in [0.717, 1.165) is 42.7 Å². The molecule has 1 aliphatic rings. The van der Waals surface area contributed by atoms with Crippen molar-refractivity contribution >= 4 is 11.0 Å². The average Bonchev–Trinajstić information content (AvgIpc) is 3.04. The Morgan fingerprint density at radius 2 is 2.44 bits per heavy atom. The number of aromatic amines is 1. The highest BCUT2D eigenvalue weighted by atomic mass is 16.5. The SMILES string of the molecule is N#Cc1cccc2[nH]c(CCC3CCCO3)nc12. The maximum Gasteiger partial charge on any atom is 0.107 e. The first-order valence-corrected chi connectivity index (χ1v) is 6.36. The molecule has 1 aliphatic heterocycles. The van der Waals surface area contributed by atoms with Gasteiger partial charge in [-0.05, 0) is 31.4 Å². The normalized spacial score (nSPS) is 19.2. The highest BCUT2D eigenvalue weighted by molar-refractivity contribution is 5.81. The van der Waals surface area contributed by atoms with Crippen molar-refractivity contribution < 1.29 is 4.74 Å². The molecule has 0 radical (unpaired) electrons. The minimum atomic E-state index is 0.383. The van der Waals surface area contributed by atoms with Crippen LogP contribution in [0.2, 0.25) is 0 Å². The number of hydrogen-bond acceptors (Lipinski definition) is 3. The number of benzene rings is 1. The number of rotatable bonds is 3. The molecule has 1 aromatic heterocycles. The molecule has 1 unspecified atom stereocenters. The van der Waals surface area contributed by atoms with Gasteiger partial charge in [0.25, 0.3) is 0 Å². The molecule has 1 atom stereocenters. The van der Waals surface area contributed by atoms with Crippen molar-refractivity contribution in [2.75, 3.05) is 6.61 Å². The Kier molecular flexibility index (Phi) is 2.99. The van der Waals surface area contributed by atoms with Crippen LogP contribution in [0.5, 0.6) is 0 Å². The molecule has 1 fully saturated rings. The molecule has 1 N–H and O–H groups in total. The Labute approximate surface area is 106 Å². The summed E-state index contributed by atoms with van der Waals surface area (Å²) in [6.45, 7) is 0.892. The summed E-state index contributed by atoms with van der Waals surface area (Å²) in [5.74, 6) is 0.947. The second-order valence-corrected chi connectivity index (χ2v) is 4.67. The summed E-state index contributed by atoms with van der Waals surface area (Å²) in [4.78, 5) is 7.79. The van der Waals surface area contributed by atoms with Gasteiger partial charge >= 0.3 is 0 Å². The zero-order valence-corrected chi connectivity index (χ0v) is 10.1. The van der Waals surface area contributed by atoms with Crippen molar-refractivity contribution in [2.24, 2.45) is 0 Å². The lowest BCUT2D eigenvalue weighted by Gasteiger charge is -2.06. The fraction of sp³-hybridized carbons (Fsp3) is 0.429. The van der Waals surface area contributed by atoms with E-state index >= 15 is 0 Å². The van der Waals surface area contributed by atoms with Crippen LogP contribution in [-0.2, 0) is 11.2 Å². The van der Waals surface area contributed by atoms with Gasteiger partial charge in [0, 0.05) is 13.0 Å². The van der Waals surface area contributed by atoms with Crippen LogP contribution in [0.15, 0.2) is 18.2 Å². The zero-order valence-electron chi connectivity index (χ0n) is 10.1. The summed E-state index contributed by atoms with van der Waals surface area (Å²) in [5, 5.41) is 9.02. The number of nitrogens with one attached hydrogen (secondary N) is 1. The smallest absolute Gasteiger partial charge is 0.107 e. The zero-order chi connectivity index (χ0) is 12.4. The van der Waals surface area contributed by atoms with E-state index in [0.29, 0.717) is 11.7 Å². The van der Waals surface area contributed by atoms with E-state index in [4.69, 9.17) is 10.00 Å². The second kappa shape index (κ2) is 4.79. The first-order valence-electron chi connectivity index (χ1n) is 6.36. The van der Waals surface area contributed by atoms with Gasteiger partial charge < -0.3 is 9.72 Å². The van der Waals surface area contributed by atoms with Crippen LogP contribution in [0, 0.1) is 11.3 Å². The molecule has 2 heterocycles. The quantitative estimate of drug-likeness (QED) is 0.898. The van der Waals surface area contributed by atoms with E-state index in [-0.39, 0.29) is 0 Å². The van der Waals surface area contributed by atoms with Gasteiger partial charge in [0.2, 0.25) is 0 Å². The van der Waals surface area contributed by atoms with Crippen molar-refractivity contribution in [3.8, 4) is 6.07 Å². The number of fused-ring (bicyclic) bond motifs is 1. The molecule has 1 aromatic carbocycles. The number of hydrogen-bond donors (Lipinski definition) is 1. The maximum atomic E-state index is 9.02.